The topological polar surface area (TPSA) is 55.8 Å². The number of likely N-dealkylation sites (tertiary alicyclic amines) is 1. The summed E-state index contributed by atoms with van der Waals surface area (Å²) in [6.45, 7) is 6.33. The number of hydrogen-bond donors (Lipinski definition) is 0. The summed E-state index contributed by atoms with van der Waals surface area (Å²) in [5, 5.41) is 0. The van der Waals surface area contributed by atoms with E-state index < -0.39 is 5.60 Å². The standard InChI is InChI=1S/C18H25NO4/c1-18(2,3)23-17(21)19-11-5-6-15(19)14-9-7-13(8-10-14)12-16(20)22-4/h7-10,15H,5-6,11-12H2,1-4H3. The third-order valence-electron chi connectivity index (χ3n) is 3.82. The number of nitrogens with zero attached hydrogens (tertiary/aromatic N) is 1. The van der Waals surface area contributed by atoms with Crippen LogP contribution < -0.4 is 0 Å². The number of carbonyl (C=O) groups excluding carboxylic acids is 2. The number of carbonyl (C=O) groups is 2. The molecular weight excluding hydrogens is 294 g/mol. The Morgan fingerprint density at radius 3 is 2.43 bits per heavy atom. The van der Waals surface area contributed by atoms with Crippen molar-refractivity contribution >= 4 is 12.1 Å². The van der Waals surface area contributed by atoms with Gasteiger partial charge < -0.3 is 14.4 Å². The maximum absolute atomic E-state index is 12.3. The first kappa shape index (κ1) is 17.3. The number of hydrogen-bond acceptors (Lipinski definition) is 4. The van der Waals surface area contributed by atoms with Gasteiger partial charge in [0.2, 0.25) is 0 Å². The number of rotatable bonds is 3. The molecule has 126 valence electrons. The van der Waals surface area contributed by atoms with E-state index in [0.29, 0.717) is 6.54 Å². The number of ether oxygens (including phenoxy) is 2. The number of methoxy groups -OCH3 is 1. The Balaban J connectivity index is 2.07. The second kappa shape index (κ2) is 7.02. The Morgan fingerprint density at radius 2 is 1.87 bits per heavy atom. The van der Waals surface area contributed by atoms with Gasteiger partial charge in [0.15, 0.2) is 0 Å². The molecule has 23 heavy (non-hydrogen) atoms. The van der Waals surface area contributed by atoms with Crippen molar-refractivity contribution in [1.29, 1.82) is 0 Å². The van der Waals surface area contributed by atoms with E-state index >= 15 is 0 Å². The monoisotopic (exact) mass is 319 g/mol. The highest BCUT2D eigenvalue weighted by atomic mass is 16.6. The van der Waals surface area contributed by atoms with Crippen molar-refractivity contribution in [3.63, 3.8) is 0 Å². The van der Waals surface area contributed by atoms with Crippen LogP contribution in [0.15, 0.2) is 24.3 Å². The van der Waals surface area contributed by atoms with Gasteiger partial charge in [-0.3, -0.25) is 4.79 Å². The van der Waals surface area contributed by atoms with Crippen LogP contribution in [0.5, 0.6) is 0 Å². The first-order chi connectivity index (χ1) is 10.8. The van der Waals surface area contributed by atoms with Gasteiger partial charge in [0.25, 0.3) is 0 Å². The van der Waals surface area contributed by atoms with E-state index in [9.17, 15) is 9.59 Å². The van der Waals surface area contributed by atoms with Crippen molar-refractivity contribution in [2.45, 2.75) is 51.7 Å². The van der Waals surface area contributed by atoms with Gasteiger partial charge in [-0.15, -0.1) is 0 Å². The minimum absolute atomic E-state index is 0.0389. The second-order valence-electron chi connectivity index (χ2n) is 6.83. The molecule has 1 unspecified atom stereocenters. The Bertz CT molecular complexity index is 559. The molecule has 2 rings (SSSR count). The number of amides is 1. The molecule has 1 heterocycles. The van der Waals surface area contributed by atoms with Crippen LogP contribution in [0.2, 0.25) is 0 Å². The fourth-order valence-corrected chi connectivity index (χ4v) is 2.75. The predicted octanol–water partition coefficient (Wildman–Crippen LogP) is 3.47. The molecule has 1 aliphatic heterocycles. The van der Waals surface area contributed by atoms with E-state index in [4.69, 9.17) is 4.74 Å². The summed E-state index contributed by atoms with van der Waals surface area (Å²) in [6.07, 6.45) is 1.89. The maximum atomic E-state index is 12.3. The molecular formula is C18H25NO4. The van der Waals surface area contributed by atoms with Gasteiger partial charge in [0.1, 0.15) is 5.60 Å². The van der Waals surface area contributed by atoms with Crippen molar-refractivity contribution in [2.75, 3.05) is 13.7 Å². The summed E-state index contributed by atoms with van der Waals surface area (Å²) in [5.41, 5.74) is 1.48. The summed E-state index contributed by atoms with van der Waals surface area (Å²) in [6, 6.07) is 7.82. The third-order valence-corrected chi connectivity index (χ3v) is 3.82. The van der Waals surface area contributed by atoms with E-state index in [1.807, 2.05) is 45.0 Å². The van der Waals surface area contributed by atoms with Gasteiger partial charge in [-0.05, 0) is 44.7 Å². The molecule has 0 bridgehead atoms. The third kappa shape index (κ3) is 4.71. The van der Waals surface area contributed by atoms with Gasteiger partial charge in [0.05, 0.1) is 19.6 Å². The van der Waals surface area contributed by atoms with Gasteiger partial charge in [-0.25, -0.2) is 4.79 Å². The van der Waals surface area contributed by atoms with Crippen LogP contribution >= 0.6 is 0 Å². The van der Waals surface area contributed by atoms with Gasteiger partial charge in [-0.2, -0.15) is 0 Å². The average molecular weight is 319 g/mol. The van der Waals surface area contributed by atoms with E-state index in [2.05, 4.69) is 4.74 Å². The molecule has 0 aromatic heterocycles. The highest BCUT2D eigenvalue weighted by Gasteiger charge is 2.33. The van der Waals surface area contributed by atoms with Crippen molar-refractivity contribution in [3.8, 4) is 0 Å². The second-order valence-corrected chi connectivity index (χ2v) is 6.83. The van der Waals surface area contributed by atoms with Crippen LogP contribution in [0.4, 0.5) is 4.79 Å². The van der Waals surface area contributed by atoms with Crippen LogP contribution in [0, 0.1) is 0 Å². The molecule has 1 saturated heterocycles. The molecule has 0 N–H and O–H groups in total. The first-order valence-corrected chi connectivity index (χ1v) is 7.95. The maximum Gasteiger partial charge on any atom is 0.410 e. The zero-order valence-corrected chi connectivity index (χ0v) is 14.3. The molecule has 5 heteroatoms. The summed E-state index contributed by atoms with van der Waals surface area (Å²) in [4.78, 5) is 25.4. The van der Waals surface area contributed by atoms with E-state index in [1.165, 1.54) is 7.11 Å². The van der Waals surface area contributed by atoms with Crippen molar-refractivity contribution in [1.82, 2.24) is 4.90 Å². The Hall–Kier alpha value is -2.04. The van der Waals surface area contributed by atoms with Crippen LogP contribution in [-0.2, 0) is 20.7 Å². The molecule has 1 aromatic carbocycles. The molecule has 1 aliphatic rings. The Labute approximate surface area is 137 Å². The van der Waals surface area contributed by atoms with Crippen LogP contribution in [0.1, 0.15) is 50.8 Å². The zero-order valence-electron chi connectivity index (χ0n) is 14.3. The smallest absolute Gasteiger partial charge is 0.410 e. The summed E-state index contributed by atoms with van der Waals surface area (Å²) >= 11 is 0. The normalized spacial score (nSPS) is 17.9. The first-order valence-electron chi connectivity index (χ1n) is 7.95. The minimum atomic E-state index is -0.491. The lowest BCUT2D eigenvalue weighted by atomic mass is 10.0. The zero-order chi connectivity index (χ0) is 17.0. The predicted molar refractivity (Wildman–Crippen MR) is 87.1 cm³/mol. The van der Waals surface area contributed by atoms with Gasteiger partial charge in [0, 0.05) is 6.54 Å². The molecule has 1 fully saturated rings. The molecule has 0 aliphatic carbocycles. The van der Waals surface area contributed by atoms with Crippen molar-refractivity contribution in [3.05, 3.63) is 35.4 Å². The molecule has 1 aromatic rings. The molecule has 0 radical (unpaired) electrons. The van der Waals surface area contributed by atoms with E-state index in [0.717, 1.165) is 24.0 Å². The quantitative estimate of drug-likeness (QED) is 0.801. The van der Waals surface area contributed by atoms with Crippen molar-refractivity contribution in [2.24, 2.45) is 0 Å². The van der Waals surface area contributed by atoms with E-state index in [1.54, 1.807) is 4.90 Å². The van der Waals surface area contributed by atoms with Gasteiger partial charge >= 0.3 is 12.1 Å². The Kier molecular flexibility index (Phi) is 5.29. The highest BCUT2D eigenvalue weighted by molar-refractivity contribution is 5.72. The summed E-state index contributed by atoms with van der Waals surface area (Å²) in [7, 11) is 1.38. The SMILES string of the molecule is COC(=O)Cc1ccc(C2CCCN2C(=O)OC(C)(C)C)cc1. The van der Waals surface area contributed by atoms with E-state index in [-0.39, 0.29) is 24.5 Å². The summed E-state index contributed by atoms with van der Waals surface area (Å²) in [5.74, 6) is -0.256. The molecule has 1 atom stereocenters. The lowest BCUT2D eigenvalue weighted by Gasteiger charge is -2.29. The fraction of sp³-hybridized carbons (Fsp3) is 0.556. The summed E-state index contributed by atoms with van der Waals surface area (Å²) < 4.78 is 10.2. The lowest BCUT2D eigenvalue weighted by molar-refractivity contribution is -0.139. The molecule has 0 spiro atoms. The highest BCUT2D eigenvalue weighted by Crippen LogP contribution is 2.33. The lowest BCUT2D eigenvalue weighted by Crippen LogP contribution is -2.36. The minimum Gasteiger partial charge on any atom is -0.469 e. The molecule has 0 saturated carbocycles. The number of benzene rings is 1. The van der Waals surface area contributed by atoms with Gasteiger partial charge in [-0.1, -0.05) is 24.3 Å². The average Bonchev–Trinajstić information content (AvgIpc) is 2.95. The van der Waals surface area contributed by atoms with Crippen molar-refractivity contribution < 1.29 is 19.1 Å². The fourth-order valence-electron chi connectivity index (χ4n) is 2.75. The van der Waals surface area contributed by atoms with Crippen LogP contribution in [0.3, 0.4) is 0 Å². The largest absolute Gasteiger partial charge is 0.469 e. The van der Waals surface area contributed by atoms with Crippen LogP contribution in [0.25, 0.3) is 0 Å². The number of esters is 1. The Morgan fingerprint density at radius 1 is 1.22 bits per heavy atom. The van der Waals surface area contributed by atoms with Crippen LogP contribution in [-0.4, -0.2) is 36.2 Å². The molecule has 5 nitrogen and oxygen atoms in total. The molecule has 1 amide bonds.